The Balaban J connectivity index is 1.76. The summed E-state index contributed by atoms with van der Waals surface area (Å²) >= 11 is 0. The van der Waals surface area contributed by atoms with Crippen LogP contribution in [0.3, 0.4) is 0 Å². The van der Waals surface area contributed by atoms with Crippen molar-refractivity contribution in [1.29, 1.82) is 0 Å². The monoisotopic (exact) mass is 457 g/mol. The Bertz CT molecular complexity index is 801. The fraction of sp³-hybridized carbons (Fsp3) is 0.600. The molecule has 32 heavy (non-hydrogen) atoms. The van der Waals surface area contributed by atoms with Crippen LogP contribution in [0.5, 0.6) is 5.75 Å². The summed E-state index contributed by atoms with van der Waals surface area (Å²) in [6.07, 6.45) is -12.4. The van der Waals surface area contributed by atoms with Crippen LogP contribution in [-0.2, 0) is 19.1 Å². The number of nitrogens with one attached hydrogen (secondary N) is 1. The van der Waals surface area contributed by atoms with Gasteiger partial charge < -0.3 is 50.2 Å². The van der Waals surface area contributed by atoms with E-state index in [1.54, 1.807) is 0 Å². The van der Waals surface area contributed by atoms with Gasteiger partial charge in [-0.2, -0.15) is 0 Å². The summed E-state index contributed by atoms with van der Waals surface area (Å²) in [5.74, 6) is -2.31. The molecule has 0 bridgehead atoms. The predicted octanol–water partition coefficient (Wildman–Crippen LogP) is -2.87. The maximum absolute atomic E-state index is 12.7. The molecular weight excluding hydrogens is 430 g/mol. The number of Topliss-reactive ketones (excluding diaryl/α,β-unsaturated/α-hetero) is 1. The minimum atomic E-state index is -1.81. The Labute approximate surface area is 183 Å². The molecule has 1 amide bonds. The molecule has 0 saturated carbocycles. The first-order valence-corrected chi connectivity index (χ1v) is 10.0. The highest BCUT2D eigenvalue weighted by Crippen LogP contribution is 2.35. The van der Waals surface area contributed by atoms with Crippen LogP contribution in [-0.4, -0.2) is 105 Å². The molecule has 9 unspecified atom stereocenters. The van der Waals surface area contributed by atoms with Crippen LogP contribution in [0.2, 0.25) is 0 Å². The number of amides is 1. The quantitative estimate of drug-likeness (QED) is 0.232. The van der Waals surface area contributed by atoms with Crippen LogP contribution >= 0.6 is 0 Å². The van der Waals surface area contributed by atoms with Crippen molar-refractivity contribution < 1.29 is 54.4 Å². The summed E-state index contributed by atoms with van der Waals surface area (Å²) in [7, 11) is 0. The van der Waals surface area contributed by atoms with Gasteiger partial charge in [-0.15, -0.1) is 0 Å². The number of aliphatic hydroxyl groups is 6. The number of ketones is 1. The van der Waals surface area contributed by atoms with Crippen LogP contribution in [0.25, 0.3) is 0 Å². The summed E-state index contributed by atoms with van der Waals surface area (Å²) in [6, 6.07) is 5.99. The molecule has 1 aromatic rings. The van der Waals surface area contributed by atoms with Gasteiger partial charge in [-0.1, -0.05) is 0 Å². The van der Waals surface area contributed by atoms with Crippen molar-refractivity contribution in [2.24, 2.45) is 5.92 Å². The number of aliphatic hydroxyl groups excluding tert-OH is 6. The molecule has 7 N–H and O–H groups in total. The van der Waals surface area contributed by atoms with Crippen LogP contribution in [0.15, 0.2) is 24.3 Å². The van der Waals surface area contributed by atoms with Gasteiger partial charge in [0.1, 0.15) is 36.3 Å². The molecule has 12 heteroatoms. The van der Waals surface area contributed by atoms with E-state index < -0.39 is 73.9 Å². The van der Waals surface area contributed by atoms with Crippen LogP contribution in [0.1, 0.15) is 6.92 Å². The van der Waals surface area contributed by atoms with E-state index in [9.17, 15) is 40.2 Å². The molecule has 0 aliphatic carbocycles. The number of rotatable bonds is 6. The average Bonchev–Trinajstić information content (AvgIpc) is 2.77. The van der Waals surface area contributed by atoms with Gasteiger partial charge in [0.05, 0.1) is 25.4 Å². The third kappa shape index (κ3) is 4.92. The SMILES string of the molecule is CC(=O)Nc1ccc(OC2OC(CO)C(C3OC(CO)C(O)C(O)C3O)C(O)C2=O)cc1. The fourth-order valence-electron chi connectivity index (χ4n) is 3.88. The standard InChI is InChI=1S/C20H27NO11/c1-8(24)21-9-2-4-10(5-3-9)30-20-18(29)15(26)13(11(6-22)32-20)19-17(28)16(27)14(25)12(7-23)31-19/h2-5,11-17,19-20,22-23,25-28H,6-7H2,1H3,(H,21,24). The van der Waals surface area contributed by atoms with E-state index >= 15 is 0 Å². The van der Waals surface area contributed by atoms with Gasteiger partial charge in [0.15, 0.2) is 0 Å². The van der Waals surface area contributed by atoms with Gasteiger partial charge in [-0.05, 0) is 24.3 Å². The molecule has 9 atom stereocenters. The van der Waals surface area contributed by atoms with E-state index in [1.165, 1.54) is 31.2 Å². The minimum Gasteiger partial charge on any atom is -0.457 e. The van der Waals surface area contributed by atoms with E-state index in [4.69, 9.17) is 14.2 Å². The Morgan fingerprint density at radius 2 is 1.59 bits per heavy atom. The second-order valence-corrected chi connectivity index (χ2v) is 7.73. The van der Waals surface area contributed by atoms with Crippen molar-refractivity contribution in [2.45, 2.75) is 55.9 Å². The number of anilines is 1. The molecule has 2 aliphatic heterocycles. The number of hydrogen-bond donors (Lipinski definition) is 7. The van der Waals surface area contributed by atoms with E-state index in [1.807, 2.05) is 0 Å². The molecule has 2 saturated heterocycles. The Kier molecular flexibility index (Phi) is 7.79. The first-order valence-electron chi connectivity index (χ1n) is 10.0. The molecule has 2 heterocycles. The summed E-state index contributed by atoms with van der Waals surface area (Å²) in [6.45, 7) is -0.0321. The van der Waals surface area contributed by atoms with Gasteiger partial charge >= 0.3 is 0 Å². The Hall–Kier alpha value is -2.16. The Morgan fingerprint density at radius 3 is 2.16 bits per heavy atom. The summed E-state index contributed by atoms with van der Waals surface area (Å²) < 4.78 is 16.4. The number of ether oxygens (including phenoxy) is 3. The van der Waals surface area contributed by atoms with Crippen molar-refractivity contribution >= 4 is 17.4 Å². The third-order valence-corrected chi connectivity index (χ3v) is 5.52. The second kappa shape index (κ2) is 10.2. The summed E-state index contributed by atoms with van der Waals surface area (Å²) in [5, 5.41) is 62.7. The van der Waals surface area contributed by atoms with Crippen LogP contribution in [0.4, 0.5) is 5.69 Å². The third-order valence-electron chi connectivity index (χ3n) is 5.52. The van der Waals surface area contributed by atoms with Crippen molar-refractivity contribution in [3.8, 4) is 5.75 Å². The van der Waals surface area contributed by atoms with Crippen molar-refractivity contribution in [2.75, 3.05) is 18.5 Å². The number of hydrogen-bond acceptors (Lipinski definition) is 11. The lowest BCUT2D eigenvalue weighted by atomic mass is 9.79. The second-order valence-electron chi connectivity index (χ2n) is 7.73. The molecule has 0 spiro atoms. The van der Waals surface area contributed by atoms with Crippen LogP contribution in [0, 0.1) is 5.92 Å². The van der Waals surface area contributed by atoms with Gasteiger partial charge in [0.25, 0.3) is 6.29 Å². The maximum atomic E-state index is 12.7. The molecular formula is C20H27NO11. The normalized spacial score (nSPS) is 37.7. The van der Waals surface area contributed by atoms with Crippen molar-refractivity contribution in [1.82, 2.24) is 0 Å². The predicted molar refractivity (Wildman–Crippen MR) is 105 cm³/mol. The van der Waals surface area contributed by atoms with Crippen molar-refractivity contribution in [3.05, 3.63) is 24.3 Å². The lowest BCUT2D eigenvalue weighted by Crippen LogP contribution is -2.66. The van der Waals surface area contributed by atoms with E-state index in [0.29, 0.717) is 5.69 Å². The number of carbonyl (C=O) groups is 2. The topological polar surface area (TPSA) is 195 Å². The van der Waals surface area contributed by atoms with Crippen molar-refractivity contribution in [3.63, 3.8) is 0 Å². The zero-order valence-corrected chi connectivity index (χ0v) is 17.1. The molecule has 3 rings (SSSR count). The molecule has 1 aromatic carbocycles. The molecule has 2 aliphatic rings. The highest BCUT2D eigenvalue weighted by Gasteiger charge is 2.55. The smallest absolute Gasteiger partial charge is 0.263 e. The highest BCUT2D eigenvalue weighted by molar-refractivity contribution is 5.89. The molecule has 2 fully saturated rings. The molecule has 0 radical (unpaired) electrons. The molecule has 0 aromatic heterocycles. The minimum absolute atomic E-state index is 0.188. The first kappa shape index (κ1) is 24.5. The van der Waals surface area contributed by atoms with Crippen LogP contribution < -0.4 is 10.1 Å². The van der Waals surface area contributed by atoms with E-state index in [-0.39, 0.29) is 11.7 Å². The number of carbonyl (C=O) groups excluding carboxylic acids is 2. The van der Waals surface area contributed by atoms with E-state index in [2.05, 4.69) is 5.32 Å². The summed E-state index contributed by atoms with van der Waals surface area (Å²) in [5.41, 5.74) is 0.497. The first-order chi connectivity index (χ1) is 15.2. The van der Waals surface area contributed by atoms with Gasteiger partial charge in [0.2, 0.25) is 11.7 Å². The Morgan fingerprint density at radius 1 is 0.969 bits per heavy atom. The lowest BCUT2D eigenvalue weighted by Gasteiger charge is -2.47. The summed E-state index contributed by atoms with van der Waals surface area (Å²) in [4.78, 5) is 23.8. The highest BCUT2D eigenvalue weighted by atomic mass is 16.7. The fourth-order valence-corrected chi connectivity index (χ4v) is 3.88. The lowest BCUT2D eigenvalue weighted by molar-refractivity contribution is -0.276. The van der Waals surface area contributed by atoms with Gasteiger partial charge in [0, 0.05) is 18.5 Å². The van der Waals surface area contributed by atoms with Gasteiger partial charge in [-0.3, -0.25) is 9.59 Å². The zero-order valence-electron chi connectivity index (χ0n) is 17.1. The average molecular weight is 457 g/mol. The largest absolute Gasteiger partial charge is 0.457 e. The number of benzene rings is 1. The van der Waals surface area contributed by atoms with Gasteiger partial charge in [-0.25, -0.2) is 0 Å². The van der Waals surface area contributed by atoms with E-state index in [0.717, 1.165) is 0 Å². The molecule has 12 nitrogen and oxygen atoms in total. The zero-order chi connectivity index (χ0) is 23.6. The maximum Gasteiger partial charge on any atom is 0.263 e. The molecule has 178 valence electrons.